The number of aromatic nitrogens is 3. The largest absolute Gasteiger partial charge is 0.480 e. The fourth-order valence-corrected chi connectivity index (χ4v) is 4.70. The SMILES string of the molecule is COc1nccc2c1c(-c1csc(C(=O)NC3CC3)c1)nn2C1CCCC1. The molecule has 1 amide bonds. The van der Waals surface area contributed by atoms with Crippen molar-refractivity contribution in [3.05, 3.63) is 28.6 Å². The van der Waals surface area contributed by atoms with Crippen molar-refractivity contribution in [1.29, 1.82) is 0 Å². The summed E-state index contributed by atoms with van der Waals surface area (Å²) in [5, 5.41) is 11.0. The van der Waals surface area contributed by atoms with Gasteiger partial charge in [-0.3, -0.25) is 9.48 Å². The van der Waals surface area contributed by atoms with Gasteiger partial charge in [0.1, 0.15) is 5.69 Å². The van der Waals surface area contributed by atoms with Gasteiger partial charge in [0, 0.05) is 23.2 Å². The van der Waals surface area contributed by atoms with E-state index in [0.717, 1.165) is 52.7 Å². The third-order valence-electron chi connectivity index (χ3n) is 5.46. The Morgan fingerprint density at radius 1 is 1.30 bits per heavy atom. The predicted molar refractivity (Wildman–Crippen MR) is 105 cm³/mol. The second kappa shape index (κ2) is 6.64. The Morgan fingerprint density at radius 2 is 2.11 bits per heavy atom. The molecule has 0 unspecified atom stereocenters. The van der Waals surface area contributed by atoms with Crippen LogP contribution >= 0.6 is 11.3 Å². The normalized spacial score (nSPS) is 17.5. The van der Waals surface area contributed by atoms with Gasteiger partial charge in [-0.05, 0) is 37.8 Å². The summed E-state index contributed by atoms with van der Waals surface area (Å²) in [7, 11) is 1.64. The Kier molecular flexibility index (Phi) is 4.11. The minimum Gasteiger partial charge on any atom is -0.480 e. The van der Waals surface area contributed by atoms with E-state index < -0.39 is 0 Å². The molecule has 6 nitrogen and oxygen atoms in total. The number of nitrogens with zero attached hydrogens (tertiary/aromatic N) is 3. The van der Waals surface area contributed by atoms with Crippen molar-refractivity contribution in [3.63, 3.8) is 0 Å². The Labute approximate surface area is 161 Å². The summed E-state index contributed by atoms with van der Waals surface area (Å²) in [6.45, 7) is 0. The number of methoxy groups -OCH3 is 1. The van der Waals surface area contributed by atoms with E-state index in [-0.39, 0.29) is 5.91 Å². The lowest BCUT2D eigenvalue weighted by molar-refractivity contribution is 0.0955. The maximum atomic E-state index is 12.4. The third kappa shape index (κ3) is 3.00. The molecule has 1 N–H and O–H groups in total. The third-order valence-corrected chi connectivity index (χ3v) is 6.39. The van der Waals surface area contributed by atoms with Gasteiger partial charge in [0.2, 0.25) is 5.88 Å². The van der Waals surface area contributed by atoms with Crippen molar-refractivity contribution in [2.24, 2.45) is 0 Å². The predicted octanol–water partition coefficient (Wildman–Crippen LogP) is 4.18. The van der Waals surface area contributed by atoms with Crippen LogP contribution in [0.3, 0.4) is 0 Å². The van der Waals surface area contributed by atoms with Gasteiger partial charge < -0.3 is 10.1 Å². The van der Waals surface area contributed by atoms with Gasteiger partial charge in [-0.1, -0.05) is 12.8 Å². The van der Waals surface area contributed by atoms with Crippen LogP contribution in [0.15, 0.2) is 23.7 Å². The highest BCUT2D eigenvalue weighted by molar-refractivity contribution is 7.12. The molecule has 7 heteroatoms. The molecular formula is C20H22N4O2S. The fourth-order valence-electron chi connectivity index (χ4n) is 3.91. The number of hydrogen-bond donors (Lipinski definition) is 1. The van der Waals surface area contributed by atoms with Crippen LogP contribution in [0, 0.1) is 0 Å². The lowest BCUT2D eigenvalue weighted by atomic mass is 10.1. The Hall–Kier alpha value is -2.41. The van der Waals surface area contributed by atoms with Crippen molar-refractivity contribution < 1.29 is 9.53 Å². The molecule has 3 aromatic rings. The second-order valence-electron chi connectivity index (χ2n) is 7.39. The Morgan fingerprint density at radius 3 is 2.85 bits per heavy atom. The van der Waals surface area contributed by atoms with Gasteiger partial charge >= 0.3 is 0 Å². The molecular weight excluding hydrogens is 360 g/mol. The van der Waals surface area contributed by atoms with Gasteiger partial charge in [-0.2, -0.15) is 5.10 Å². The van der Waals surface area contributed by atoms with E-state index in [1.807, 2.05) is 17.5 Å². The van der Waals surface area contributed by atoms with Gasteiger partial charge in [-0.15, -0.1) is 11.3 Å². The smallest absolute Gasteiger partial charge is 0.261 e. The maximum Gasteiger partial charge on any atom is 0.261 e. The van der Waals surface area contributed by atoms with Crippen LogP contribution in [0.25, 0.3) is 22.2 Å². The highest BCUT2D eigenvalue weighted by Gasteiger charge is 2.27. The summed E-state index contributed by atoms with van der Waals surface area (Å²) in [4.78, 5) is 17.5. The minimum atomic E-state index is 0.0124. The summed E-state index contributed by atoms with van der Waals surface area (Å²) in [6, 6.07) is 4.73. The highest BCUT2D eigenvalue weighted by atomic mass is 32.1. The average molecular weight is 382 g/mol. The first-order valence-electron chi connectivity index (χ1n) is 9.55. The van der Waals surface area contributed by atoms with Crippen LogP contribution in [-0.2, 0) is 0 Å². The van der Waals surface area contributed by atoms with Gasteiger partial charge in [0.25, 0.3) is 5.91 Å². The van der Waals surface area contributed by atoms with Crippen LogP contribution in [0.4, 0.5) is 0 Å². The number of thiophene rings is 1. The van der Waals surface area contributed by atoms with Crippen LogP contribution in [0.1, 0.15) is 54.2 Å². The molecule has 3 aromatic heterocycles. The number of ether oxygens (including phenoxy) is 1. The summed E-state index contributed by atoms with van der Waals surface area (Å²) < 4.78 is 7.68. The first-order chi connectivity index (χ1) is 13.2. The van der Waals surface area contributed by atoms with Gasteiger partial charge in [-0.25, -0.2) is 4.98 Å². The van der Waals surface area contributed by atoms with Crippen LogP contribution < -0.4 is 10.1 Å². The van der Waals surface area contributed by atoms with Crippen molar-refractivity contribution in [2.45, 2.75) is 50.6 Å². The topological polar surface area (TPSA) is 69.0 Å². The zero-order valence-corrected chi connectivity index (χ0v) is 16.1. The summed E-state index contributed by atoms with van der Waals surface area (Å²) in [5.74, 6) is 0.598. The number of amides is 1. The van der Waals surface area contributed by atoms with Crippen molar-refractivity contribution >= 4 is 28.1 Å². The Bertz CT molecular complexity index is 999. The van der Waals surface area contributed by atoms with Crippen LogP contribution in [0.5, 0.6) is 5.88 Å². The van der Waals surface area contributed by atoms with E-state index in [0.29, 0.717) is 18.0 Å². The molecule has 0 radical (unpaired) electrons. The molecule has 27 heavy (non-hydrogen) atoms. The number of hydrogen-bond acceptors (Lipinski definition) is 5. The molecule has 0 atom stereocenters. The molecule has 0 spiro atoms. The van der Waals surface area contributed by atoms with Crippen molar-refractivity contribution in [3.8, 4) is 17.1 Å². The molecule has 140 valence electrons. The van der Waals surface area contributed by atoms with E-state index in [4.69, 9.17) is 9.84 Å². The highest BCUT2D eigenvalue weighted by Crippen LogP contribution is 2.39. The van der Waals surface area contributed by atoms with Crippen LogP contribution in [-0.4, -0.2) is 33.8 Å². The van der Waals surface area contributed by atoms with Crippen LogP contribution in [0.2, 0.25) is 0 Å². The van der Waals surface area contributed by atoms with E-state index in [1.165, 1.54) is 24.2 Å². The van der Waals surface area contributed by atoms with Crippen molar-refractivity contribution in [2.75, 3.05) is 7.11 Å². The standard InChI is InChI=1S/C20H22N4O2S/c1-26-20-17-15(8-9-21-20)24(14-4-2-3-5-14)23-18(17)12-10-16(27-11-12)19(25)22-13-6-7-13/h8-11,13-14H,2-7H2,1H3,(H,22,25). The average Bonchev–Trinajstić information content (AvgIpc) is 3.12. The fraction of sp³-hybridized carbons (Fsp3) is 0.450. The molecule has 3 heterocycles. The van der Waals surface area contributed by atoms with E-state index in [1.54, 1.807) is 13.3 Å². The summed E-state index contributed by atoms with van der Waals surface area (Å²) >= 11 is 1.46. The summed E-state index contributed by atoms with van der Waals surface area (Å²) in [5.41, 5.74) is 2.86. The molecule has 5 rings (SSSR count). The lowest BCUT2D eigenvalue weighted by Crippen LogP contribution is -2.24. The quantitative estimate of drug-likeness (QED) is 0.719. The zero-order chi connectivity index (χ0) is 18.4. The number of pyridine rings is 1. The van der Waals surface area contributed by atoms with E-state index in [2.05, 4.69) is 15.0 Å². The molecule has 0 saturated heterocycles. The monoisotopic (exact) mass is 382 g/mol. The molecule has 2 aliphatic rings. The molecule has 2 aliphatic carbocycles. The molecule has 0 bridgehead atoms. The number of fused-ring (bicyclic) bond motifs is 1. The molecule has 0 aliphatic heterocycles. The Balaban J connectivity index is 1.59. The molecule has 2 fully saturated rings. The summed E-state index contributed by atoms with van der Waals surface area (Å²) in [6.07, 6.45) is 8.74. The first-order valence-corrected chi connectivity index (χ1v) is 10.4. The zero-order valence-electron chi connectivity index (χ0n) is 15.3. The number of nitrogens with one attached hydrogen (secondary N) is 1. The molecule has 0 aromatic carbocycles. The van der Waals surface area contributed by atoms with Gasteiger partial charge in [0.15, 0.2) is 0 Å². The first kappa shape index (κ1) is 16.7. The minimum absolute atomic E-state index is 0.0124. The lowest BCUT2D eigenvalue weighted by Gasteiger charge is -2.11. The number of rotatable bonds is 5. The van der Waals surface area contributed by atoms with Gasteiger partial charge in [0.05, 0.1) is 28.9 Å². The van der Waals surface area contributed by atoms with E-state index in [9.17, 15) is 4.79 Å². The maximum absolute atomic E-state index is 12.4. The number of carbonyl (C=O) groups is 1. The molecule has 2 saturated carbocycles. The second-order valence-corrected chi connectivity index (χ2v) is 8.30. The van der Waals surface area contributed by atoms with E-state index >= 15 is 0 Å². The van der Waals surface area contributed by atoms with Crippen molar-refractivity contribution in [1.82, 2.24) is 20.1 Å². The number of carbonyl (C=O) groups excluding carboxylic acids is 1.